The number of H-pyrrole nitrogens is 1. The topological polar surface area (TPSA) is 111 Å². The molecule has 0 spiro atoms. The zero-order valence-electron chi connectivity index (χ0n) is 14.6. The number of nitrogens with zero attached hydrogens (tertiary/aromatic N) is 3. The van der Waals surface area contributed by atoms with Gasteiger partial charge in [0.2, 0.25) is 0 Å². The second kappa shape index (κ2) is 6.79. The normalized spacial score (nSPS) is 15.1. The Hall–Kier alpha value is -3.29. The molecule has 3 aromatic rings. The largest absolute Gasteiger partial charge is 0.330 e. The number of non-ortho nitro benzene ring substituents is 1. The minimum atomic E-state index is -0.497. The fourth-order valence-corrected chi connectivity index (χ4v) is 3.85. The van der Waals surface area contributed by atoms with Gasteiger partial charge >= 0.3 is 5.69 Å². The Morgan fingerprint density at radius 2 is 1.78 bits per heavy atom. The first-order valence-electron chi connectivity index (χ1n) is 8.94. The van der Waals surface area contributed by atoms with Gasteiger partial charge < -0.3 is 0 Å². The average molecular weight is 366 g/mol. The van der Waals surface area contributed by atoms with Crippen LogP contribution in [-0.2, 0) is 0 Å². The van der Waals surface area contributed by atoms with Crippen molar-refractivity contribution in [2.75, 3.05) is 0 Å². The molecule has 0 aliphatic heterocycles. The summed E-state index contributed by atoms with van der Waals surface area (Å²) in [5.74, 6) is 0. The van der Waals surface area contributed by atoms with Gasteiger partial charge in [-0.05, 0) is 42.2 Å². The summed E-state index contributed by atoms with van der Waals surface area (Å²) < 4.78 is 1.60. The van der Waals surface area contributed by atoms with Crippen molar-refractivity contribution in [3.8, 4) is 11.1 Å². The van der Waals surface area contributed by atoms with Crippen molar-refractivity contribution in [2.24, 2.45) is 0 Å². The zero-order valence-corrected chi connectivity index (χ0v) is 14.6. The number of rotatable bonds is 3. The molecule has 0 bridgehead atoms. The Labute approximate surface area is 153 Å². The smallest absolute Gasteiger partial charge is 0.274 e. The molecule has 1 saturated carbocycles. The molecular weight excluding hydrogens is 348 g/mol. The molecule has 1 aliphatic rings. The maximum Gasteiger partial charge on any atom is 0.330 e. The Morgan fingerprint density at radius 3 is 2.44 bits per heavy atom. The molecule has 1 N–H and O–H groups in total. The average Bonchev–Trinajstić information content (AvgIpc) is 2.68. The second-order valence-corrected chi connectivity index (χ2v) is 6.78. The van der Waals surface area contributed by atoms with E-state index in [1.165, 1.54) is 12.1 Å². The van der Waals surface area contributed by atoms with Crippen molar-refractivity contribution in [1.29, 1.82) is 0 Å². The number of benzene rings is 1. The van der Waals surface area contributed by atoms with Gasteiger partial charge in [0.25, 0.3) is 11.2 Å². The number of aromatic nitrogens is 3. The third kappa shape index (κ3) is 3.03. The van der Waals surface area contributed by atoms with Crippen LogP contribution in [0.5, 0.6) is 0 Å². The van der Waals surface area contributed by atoms with Gasteiger partial charge in [0.15, 0.2) is 0 Å². The SMILES string of the molecule is O=c1[nH]c(=O)n(C2CCCCC2)c2nccc(-c3ccc([N+](=O)[O-])cc3)c12. The molecule has 4 rings (SSSR count). The van der Waals surface area contributed by atoms with Gasteiger partial charge in [0, 0.05) is 24.4 Å². The van der Waals surface area contributed by atoms with Crippen molar-refractivity contribution in [3.63, 3.8) is 0 Å². The van der Waals surface area contributed by atoms with Crippen molar-refractivity contribution in [1.82, 2.24) is 14.5 Å². The number of hydrogen-bond donors (Lipinski definition) is 1. The van der Waals surface area contributed by atoms with Crippen molar-refractivity contribution in [2.45, 2.75) is 38.1 Å². The minimum Gasteiger partial charge on any atom is -0.274 e. The summed E-state index contributed by atoms with van der Waals surface area (Å²) in [5, 5.41) is 11.2. The second-order valence-electron chi connectivity index (χ2n) is 6.78. The Bertz CT molecular complexity index is 1130. The number of nitrogens with one attached hydrogen (secondary N) is 1. The lowest BCUT2D eigenvalue weighted by Gasteiger charge is -2.24. The van der Waals surface area contributed by atoms with E-state index in [4.69, 9.17) is 0 Å². The molecule has 0 unspecified atom stereocenters. The fraction of sp³-hybridized carbons (Fsp3) is 0.316. The number of nitro groups is 1. The maximum absolute atomic E-state index is 12.6. The van der Waals surface area contributed by atoms with Gasteiger partial charge in [-0.1, -0.05) is 19.3 Å². The lowest BCUT2D eigenvalue weighted by Crippen LogP contribution is -2.34. The highest BCUT2D eigenvalue weighted by Crippen LogP contribution is 2.31. The zero-order chi connectivity index (χ0) is 19.0. The first kappa shape index (κ1) is 17.1. The number of fused-ring (bicyclic) bond motifs is 1. The highest BCUT2D eigenvalue weighted by Gasteiger charge is 2.22. The van der Waals surface area contributed by atoms with E-state index in [2.05, 4.69) is 9.97 Å². The highest BCUT2D eigenvalue weighted by molar-refractivity contribution is 5.92. The van der Waals surface area contributed by atoms with E-state index in [1.807, 2.05) is 0 Å². The van der Waals surface area contributed by atoms with E-state index in [-0.39, 0.29) is 11.7 Å². The molecule has 2 heterocycles. The standard InChI is InChI=1S/C19H18N4O4/c24-18-16-15(12-6-8-14(9-7-12)23(26)27)10-11-20-17(16)22(19(25)21-18)13-4-2-1-3-5-13/h6-11,13H,1-5H2,(H,21,24,25). The molecule has 0 atom stereocenters. The van der Waals surface area contributed by atoms with Gasteiger partial charge in [0.05, 0.1) is 10.3 Å². The molecule has 8 heteroatoms. The number of nitro benzene ring substituents is 1. The van der Waals surface area contributed by atoms with Crippen molar-refractivity contribution >= 4 is 16.7 Å². The molecule has 2 aromatic heterocycles. The number of pyridine rings is 1. The Kier molecular flexibility index (Phi) is 4.31. The van der Waals surface area contributed by atoms with Gasteiger partial charge in [0.1, 0.15) is 5.65 Å². The monoisotopic (exact) mass is 366 g/mol. The molecule has 27 heavy (non-hydrogen) atoms. The molecular formula is C19H18N4O4. The van der Waals surface area contributed by atoms with Crippen LogP contribution in [0.1, 0.15) is 38.1 Å². The Morgan fingerprint density at radius 1 is 1.07 bits per heavy atom. The van der Waals surface area contributed by atoms with E-state index in [1.54, 1.807) is 29.0 Å². The third-order valence-electron chi connectivity index (χ3n) is 5.15. The summed E-state index contributed by atoms with van der Waals surface area (Å²) in [6, 6.07) is 7.70. The molecule has 138 valence electrons. The van der Waals surface area contributed by atoms with E-state index in [9.17, 15) is 19.7 Å². The number of aromatic amines is 1. The summed E-state index contributed by atoms with van der Waals surface area (Å²) >= 11 is 0. The van der Waals surface area contributed by atoms with Gasteiger partial charge in [-0.3, -0.25) is 24.5 Å². The molecule has 0 saturated heterocycles. The van der Waals surface area contributed by atoms with Crippen LogP contribution in [0.15, 0.2) is 46.1 Å². The molecule has 8 nitrogen and oxygen atoms in total. The van der Waals surface area contributed by atoms with E-state index in [0.29, 0.717) is 22.2 Å². The van der Waals surface area contributed by atoms with Gasteiger partial charge in [-0.2, -0.15) is 0 Å². The van der Waals surface area contributed by atoms with Crippen molar-refractivity contribution in [3.05, 3.63) is 67.5 Å². The summed E-state index contributed by atoms with van der Waals surface area (Å²) in [4.78, 5) is 42.3. The molecule has 0 amide bonds. The lowest BCUT2D eigenvalue weighted by molar-refractivity contribution is -0.384. The van der Waals surface area contributed by atoms with Crippen LogP contribution in [0.25, 0.3) is 22.2 Å². The number of hydrogen-bond acceptors (Lipinski definition) is 5. The molecule has 1 fully saturated rings. The maximum atomic E-state index is 12.6. The van der Waals surface area contributed by atoms with Crippen LogP contribution < -0.4 is 11.2 Å². The highest BCUT2D eigenvalue weighted by atomic mass is 16.6. The van der Waals surface area contributed by atoms with Crippen LogP contribution >= 0.6 is 0 Å². The van der Waals surface area contributed by atoms with Crippen molar-refractivity contribution < 1.29 is 4.92 Å². The molecule has 1 aliphatic carbocycles. The minimum absolute atomic E-state index is 0.0187. The van der Waals surface area contributed by atoms with Crippen LogP contribution in [0, 0.1) is 10.1 Å². The molecule has 1 aromatic carbocycles. The third-order valence-corrected chi connectivity index (χ3v) is 5.15. The lowest BCUT2D eigenvalue weighted by atomic mass is 9.95. The predicted molar refractivity (Wildman–Crippen MR) is 101 cm³/mol. The summed E-state index contributed by atoms with van der Waals surface area (Å²) in [5.41, 5.74) is 0.668. The Balaban J connectivity index is 1.94. The van der Waals surface area contributed by atoms with E-state index < -0.39 is 16.2 Å². The van der Waals surface area contributed by atoms with Gasteiger partial charge in [-0.25, -0.2) is 9.78 Å². The first-order chi connectivity index (χ1) is 13.1. The fourth-order valence-electron chi connectivity index (χ4n) is 3.85. The summed E-state index contributed by atoms with van der Waals surface area (Å²) in [6.07, 6.45) is 6.56. The first-order valence-corrected chi connectivity index (χ1v) is 8.94. The quantitative estimate of drug-likeness (QED) is 0.565. The van der Waals surface area contributed by atoms with Crippen LogP contribution in [-0.4, -0.2) is 19.5 Å². The van der Waals surface area contributed by atoms with E-state index >= 15 is 0 Å². The van der Waals surface area contributed by atoms with Crippen LogP contribution in [0.3, 0.4) is 0 Å². The molecule has 0 radical (unpaired) electrons. The van der Waals surface area contributed by atoms with Gasteiger partial charge in [-0.15, -0.1) is 0 Å². The van der Waals surface area contributed by atoms with Crippen LogP contribution in [0.2, 0.25) is 0 Å². The summed E-state index contributed by atoms with van der Waals surface area (Å²) in [6.45, 7) is 0. The summed E-state index contributed by atoms with van der Waals surface area (Å²) in [7, 11) is 0. The van der Waals surface area contributed by atoms with Crippen LogP contribution in [0.4, 0.5) is 5.69 Å². The predicted octanol–water partition coefficient (Wildman–Crippen LogP) is 3.17. The van der Waals surface area contributed by atoms with E-state index in [0.717, 1.165) is 32.1 Å².